The molecule has 0 spiro atoms. The standard InChI is InChI=1S/C12H12BrClN4O/c13-10-2-1-8(3-11(10)14)6-18-7-9(4-12(18)19)5-16-17-15/h1-3,9H,4-7H2. The lowest BCUT2D eigenvalue weighted by Gasteiger charge is -2.16. The first-order chi connectivity index (χ1) is 9.10. The van der Waals surface area contributed by atoms with Gasteiger partial charge in [0.1, 0.15) is 0 Å². The van der Waals surface area contributed by atoms with E-state index < -0.39 is 0 Å². The van der Waals surface area contributed by atoms with E-state index in [0.717, 1.165) is 10.0 Å². The Labute approximate surface area is 124 Å². The first kappa shape index (κ1) is 14.2. The van der Waals surface area contributed by atoms with Gasteiger partial charge in [-0.3, -0.25) is 4.79 Å². The topological polar surface area (TPSA) is 69.1 Å². The maximum Gasteiger partial charge on any atom is 0.223 e. The second kappa shape index (κ2) is 6.28. The van der Waals surface area contributed by atoms with Crippen LogP contribution in [0.3, 0.4) is 0 Å². The van der Waals surface area contributed by atoms with Crippen LogP contribution < -0.4 is 0 Å². The summed E-state index contributed by atoms with van der Waals surface area (Å²) in [6, 6.07) is 5.65. The molecule has 19 heavy (non-hydrogen) atoms. The number of nitrogens with zero attached hydrogens (tertiary/aromatic N) is 4. The molecule has 1 aromatic carbocycles. The number of benzene rings is 1. The summed E-state index contributed by atoms with van der Waals surface area (Å²) in [6.07, 6.45) is 0.448. The molecule has 1 fully saturated rings. The molecule has 0 aliphatic carbocycles. The molecule has 1 aliphatic rings. The molecule has 5 nitrogen and oxygen atoms in total. The van der Waals surface area contributed by atoms with E-state index in [0.29, 0.717) is 31.1 Å². The number of likely N-dealkylation sites (tertiary alicyclic amines) is 1. The molecule has 1 saturated heterocycles. The van der Waals surface area contributed by atoms with Crippen molar-refractivity contribution in [1.29, 1.82) is 0 Å². The van der Waals surface area contributed by atoms with E-state index in [2.05, 4.69) is 26.0 Å². The molecular formula is C12H12BrClN4O. The van der Waals surface area contributed by atoms with Crippen molar-refractivity contribution in [2.24, 2.45) is 11.0 Å². The fraction of sp³-hybridized carbons (Fsp3) is 0.417. The number of hydrogen-bond donors (Lipinski definition) is 0. The smallest absolute Gasteiger partial charge is 0.223 e. The summed E-state index contributed by atoms with van der Waals surface area (Å²) in [6.45, 7) is 1.55. The van der Waals surface area contributed by atoms with Crippen molar-refractivity contribution in [1.82, 2.24) is 4.90 Å². The molecule has 0 aromatic heterocycles. The number of carbonyl (C=O) groups excluding carboxylic acids is 1. The summed E-state index contributed by atoms with van der Waals surface area (Å²) in [4.78, 5) is 16.4. The molecule has 0 bridgehead atoms. The minimum atomic E-state index is 0.0946. The summed E-state index contributed by atoms with van der Waals surface area (Å²) in [7, 11) is 0. The van der Waals surface area contributed by atoms with Crippen molar-refractivity contribution < 1.29 is 4.79 Å². The lowest BCUT2D eigenvalue weighted by molar-refractivity contribution is -0.128. The van der Waals surface area contributed by atoms with E-state index in [1.54, 1.807) is 4.90 Å². The fourth-order valence-corrected chi connectivity index (χ4v) is 2.59. The highest BCUT2D eigenvalue weighted by Gasteiger charge is 2.28. The quantitative estimate of drug-likeness (QED) is 0.466. The van der Waals surface area contributed by atoms with Crippen LogP contribution in [0.2, 0.25) is 5.02 Å². The van der Waals surface area contributed by atoms with E-state index in [1.807, 2.05) is 18.2 Å². The zero-order valence-corrected chi connectivity index (χ0v) is 12.4. The van der Waals surface area contributed by atoms with Gasteiger partial charge in [0.25, 0.3) is 0 Å². The molecule has 0 N–H and O–H groups in total. The third-order valence-electron chi connectivity index (χ3n) is 3.06. The number of azide groups is 1. The molecule has 1 amide bonds. The summed E-state index contributed by atoms with van der Waals surface area (Å²) < 4.78 is 0.840. The molecule has 100 valence electrons. The van der Waals surface area contributed by atoms with Crippen LogP contribution >= 0.6 is 27.5 Å². The van der Waals surface area contributed by atoms with Gasteiger partial charge in [-0.25, -0.2) is 0 Å². The summed E-state index contributed by atoms with van der Waals surface area (Å²) in [5.41, 5.74) is 9.28. The number of amides is 1. The molecular weight excluding hydrogens is 332 g/mol. The van der Waals surface area contributed by atoms with Gasteiger partial charge in [0.2, 0.25) is 5.91 Å². The van der Waals surface area contributed by atoms with Gasteiger partial charge in [-0.1, -0.05) is 22.8 Å². The Bertz CT molecular complexity index is 545. The zero-order valence-electron chi connectivity index (χ0n) is 10.1. The first-order valence-electron chi connectivity index (χ1n) is 5.82. The van der Waals surface area contributed by atoms with Gasteiger partial charge in [0.05, 0.1) is 5.02 Å². The first-order valence-corrected chi connectivity index (χ1v) is 7.00. The maximum absolute atomic E-state index is 11.9. The Morgan fingerprint density at radius 3 is 3.05 bits per heavy atom. The Balaban J connectivity index is 2.01. The predicted octanol–water partition coefficient (Wildman–Crippen LogP) is 3.76. The van der Waals surface area contributed by atoms with Crippen LogP contribution in [-0.2, 0) is 11.3 Å². The Morgan fingerprint density at radius 1 is 1.58 bits per heavy atom. The average Bonchev–Trinajstić information content (AvgIpc) is 2.72. The second-order valence-electron chi connectivity index (χ2n) is 4.51. The number of carbonyl (C=O) groups is 1. The average molecular weight is 344 g/mol. The van der Waals surface area contributed by atoms with Crippen LogP contribution in [0.15, 0.2) is 27.8 Å². The van der Waals surface area contributed by atoms with Crippen molar-refractivity contribution in [3.8, 4) is 0 Å². The zero-order chi connectivity index (χ0) is 13.8. The molecule has 1 atom stereocenters. The highest BCUT2D eigenvalue weighted by atomic mass is 79.9. The van der Waals surface area contributed by atoms with Crippen molar-refractivity contribution in [2.75, 3.05) is 13.1 Å². The molecule has 1 unspecified atom stereocenters. The van der Waals surface area contributed by atoms with E-state index in [9.17, 15) is 4.79 Å². The third-order valence-corrected chi connectivity index (χ3v) is 4.29. The lowest BCUT2D eigenvalue weighted by Crippen LogP contribution is -2.24. The highest BCUT2D eigenvalue weighted by Crippen LogP contribution is 2.25. The third kappa shape index (κ3) is 3.62. The van der Waals surface area contributed by atoms with Crippen molar-refractivity contribution >= 4 is 33.4 Å². The van der Waals surface area contributed by atoms with Gasteiger partial charge >= 0.3 is 0 Å². The molecule has 7 heteroatoms. The van der Waals surface area contributed by atoms with E-state index in [4.69, 9.17) is 17.1 Å². The van der Waals surface area contributed by atoms with Gasteiger partial charge < -0.3 is 4.90 Å². The van der Waals surface area contributed by atoms with Crippen LogP contribution in [0.5, 0.6) is 0 Å². The Kier molecular flexibility index (Phi) is 4.69. The van der Waals surface area contributed by atoms with Gasteiger partial charge in [-0.05, 0) is 45.1 Å². The lowest BCUT2D eigenvalue weighted by atomic mass is 10.1. The van der Waals surface area contributed by atoms with Crippen LogP contribution in [0, 0.1) is 5.92 Å². The Morgan fingerprint density at radius 2 is 2.37 bits per heavy atom. The normalized spacial score (nSPS) is 18.5. The van der Waals surface area contributed by atoms with E-state index in [-0.39, 0.29) is 11.8 Å². The van der Waals surface area contributed by atoms with Gasteiger partial charge in [-0.15, -0.1) is 0 Å². The Hall–Kier alpha value is -1.23. The fourth-order valence-electron chi connectivity index (χ4n) is 2.14. The monoisotopic (exact) mass is 342 g/mol. The van der Waals surface area contributed by atoms with E-state index in [1.165, 1.54) is 0 Å². The van der Waals surface area contributed by atoms with Crippen LogP contribution in [0.4, 0.5) is 0 Å². The van der Waals surface area contributed by atoms with Gasteiger partial charge in [-0.2, -0.15) is 0 Å². The minimum absolute atomic E-state index is 0.0946. The summed E-state index contributed by atoms with van der Waals surface area (Å²) in [5.74, 6) is 0.214. The number of rotatable bonds is 4. The molecule has 1 heterocycles. The largest absolute Gasteiger partial charge is 0.338 e. The molecule has 1 aliphatic heterocycles. The maximum atomic E-state index is 11.9. The summed E-state index contributed by atoms with van der Waals surface area (Å²) in [5, 5.41) is 4.16. The molecule has 2 rings (SSSR count). The molecule has 0 saturated carbocycles. The van der Waals surface area contributed by atoms with Crippen molar-refractivity contribution in [3.05, 3.63) is 43.7 Å². The van der Waals surface area contributed by atoms with Crippen molar-refractivity contribution in [3.63, 3.8) is 0 Å². The molecule has 0 radical (unpaired) electrons. The van der Waals surface area contributed by atoms with Gasteiger partial charge in [0, 0.05) is 35.4 Å². The SMILES string of the molecule is [N-]=[N+]=NCC1CC(=O)N(Cc2ccc(Br)c(Cl)c2)C1. The van der Waals surface area contributed by atoms with Gasteiger partial charge in [0.15, 0.2) is 0 Å². The predicted molar refractivity (Wildman–Crippen MR) is 76.7 cm³/mol. The van der Waals surface area contributed by atoms with Crippen LogP contribution in [0.25, 0.3) is 10.4 Å². The number of hydrogen-bond acceptors (Lipinski definition) is 2. The van der Waals surface area contributed by atoms with E-state index >= 15 is 0 Å². The number of halogens is 2. The van der Waals surface area contributed by atoms with Crippen LogP contribution in [-0.4, -0.2) is 23.9 Å². The highest BCUT2D eigenvalue weighted by molar-refractivity contribution is 9.10. The minimum Gasteiger partial charge on any atom is -0.338 e. The molecule has 1 aromatic rings. The second-order valence-corrected chi connectivity index (χ2v) is 5.77. The van der Waals surface area contributed by atoms with Crippen LogP contribution in [0.1, 0.15) is 12.0 Å². The summed E-state index contributed by atoms with van der Waals surface area (Å²) >= 11 is 9.36. The van der Waals surface area contributed by atoms with Crippen molar-refractivity contribution in [2.45, 2.75) is 13.0 Å².